The van der Waals surface area contributed by atoms with E-state index in [1.165, 1.54) is 17.0 Å². The van der Waals surface area contributed by atoms with Crippen LogP contribution >= 0.6 is 11.6 Å². The molecule has 0 aromatic heterocycles. The van der Waals surface area contributed by atoms with Gasteiger partial charge in [-0.2, -0.15) is 0 Å². The minimum absolute atomic E-state index is 0.0186. The first-order valence-electron chi connectivity index (χ1n) is 10.7. The Labute approximate surface area is 198 Å². The average molecular weight is 469 g/mol. The van der Waals surface area contributed by atoms with E-state index in [9.17, 15) is 14.0 Å². The van der Waals surface area contributed by atoms with Crippen LogP contribution in [-0.2, 0) is 22.6 Å². The molecule has 7 heteroatoms. The number of rotatable bonds is 10. The molecule has 0 spiro atoms. The largest absolute Gasteiger partial charge is 0.481 e. The number of hydrogen-bond acceptors (Lipinski definition) is 3. The molecule has 0 unspecified atom stereocenters. The molecular formula is C26H26ClFN2O3. The maximum absolute atomic E-state index is 14.0. The molecule has 0 aliphatic heterocycles. The zero-order valence-electron chi connectivity index (χ0n) is 18.3. The second kappa shape index (κ2) is 12.0. The third kappa shape index (κ3) is 7.05. The highest BCUT2D eigenvalue weighted by atomic mass is 35.5. The van der Waals surface area contributed by atoms with Crippen molar-refractivity contribution in [3.8, 4) is 5.75 Å². The second-order valence-corrected chi connectivity index (χ2v) is 7.90. The number of halogens is 2. The smallest absolute Gasteiger partial charge is 0.261 e. The van der Waals surface area contributed by atoms with Crippen molar-refractivity contribution in [3.63, 3.8) is 0 Å². The standard InChI is InChI=1S/C26H26ClFN2O3/c1-2-29-26(32)23(16-19-8-4-3-5-9-19)30(17-20-12-14-21(27)15-13-20)25(31)18-33-24-11-7-6-10-22(24)28/h3-15,23H,2,16-18H2,1H3,(H,29,32)/t23-/m0/s1. The molecular weight excluding hydrogens is 443 g/mol. The van der Waals surface area contributed by atoms with E-state index in [1.807, 2.05) is 37.3 Å². The first-order chi connectivity index (χ1) is 16.0. The summed E-state index contributed by atoms with van der Waals surface area (Å²) in [6.45, 7) is 2.02. The van der Waals surface area contributed by atoms with Crippen molar-refractivity contribution in [1.82, 2.24) is 10.2 Å². The van der Waals surface area contributed by atoms with E-state index in [4.69, 9.17) is 16.3 Å². The van der Waals surface area contributed by atoms with Crippen molar-refractivity contribution in [2.45, 2.75) is 25.9 Å². The van der Waals surface area contributed by atoms with Crippen LogP contribution in [0, 0.1) is 5.82 Å². The number of likely N-dealkylation sites (N-methyl/N-ethyl adjacent to an activating group) is 1. The molecule has 0 aliphatic carbocycles. The van der Waals surface area contributed by atoms with Crippen LogP contribution in [0.1, 0.15) is 18.1 Å². The quantitative estimate of drug-likeness (QED) is 0.472. The fraction of sp³-hybridized carbons (Fsp3) is 0.231. The summed E-state index contributed by atoms with van der Waals surface area (Å²) < 4.78 is 19.4. The molecule has 1 N–H and O–H groups in total. The van der Waals surface area contributed by atoms with Gasteiger partial charge in [-0.1, -0.05) is 66.2 Å². The van der Waals surface area contributed by atoms with Crippen molar-refractivity contribution in [1.29, 1.82) is 0 Å². The van der Waals surface area contributed by atoms with E-state index >= 15 is 0 Å². The molecule has 0 aliphatic rings. The van der Waals surface area contributed by atoms with Gasteiger partial charge in [0, 0.05) is 24.5 Å². The van der Waals surface area contributed by atoms with Crippen molar-refractivity contribution < 1.29 is 18.7 Å². The molecule has 33 heavy (non-hydrogen) atoms. The Morgan fingerprint density at radius 1 is 0.970 bits per heavy atom. The highest BCUT2D eigenvalue weighted by Gasteiger charge is 2.30. The maximum atomic E-state index is 14.0. The van der Waals surface area contributed by atoms with Crippen LogP contribution in [0.15, 0.2) is 78.9 Å². The van der Waals surface area contributed by atoms with E-state index in [-0.39, 0.29) is 18.2 Å². The summed E-state index contributed by atoms with van der Waals surface area (Å²) >= 11 is 6.00. The molecule has 3 rings (SSSR count). The Morgan fingerprint density at radius 2 is 1.64 bits per heavy atom. The molecule has 0 saturated heterocycles. The van der Waals surface area contributed by atoms with Gasteiger partial charge in [-0.05, 0) is 42.3 Å². The number of amides is 2. The van der Waals surface area contributed by atoms with Crippen LogP contribution in [0.4, 0.5) is 4.39 Å². The lowest BCUT2D eigenvalue weighted by Crippen LogP contribution is -2.51. The number of benzene rings is 3. The Kier molecular flexibility index (Phi) is 8.84. The Morgan fingerprint density at radius 3 is 2.30 bits per heavy atom. The highest BCUT2D eigenvalue weighted by Crippen LogP contribution is 2.19. The Hall–Kier alpha value is -3.38. The van der Waals surface area contributed by atoms with E-state index in [2.05, 4.69) is 5.32 Å². The van der Waals surface area contributed by atoms with Gasteiger partial charge >= 0.3 is 0 Å². The zero-order valence-corrected chi connectivity index (χ0v) is 19.1. The minimum Gasteiger partial charge on any atom is -0.481 e. The van der Waals surface area contributed by atoms with Gasteiger partial charge in [-0.25, -0.2) is 4.39 Å². The van der Waals surface area contributed by atoms with Gasteiger partial charge in [0.2, 0.25) is 5.91 Å². The van der Waals surface area contributed by atoms with Gasteiger partial charge in [-0.3, -0.25) is 9.59 Å². The zero-order chi connectivity index (χ0) is 23.6. The van der Waals surface area contributed by atoms with Gasteiger partial charge in [0.15, 0.2) is 18.2 Å². The number of nitrogens with zero attached hydrogens (tertiary/aromatic N) is 1. The maximum Gasteiger partial charge on any atom is 0.261 e. The number of para-hydroxylation sites is 1. The molecule has 5 nitrogen and oxygen atoms in total. The average Bonchev–Trinajstić information content (AvgIpc) is 2.82. The van der Waals surface area contributed by atoms with E-state index in [0.29, 0.717) is 18.0 Å². The molecule has 3 aromatic carbocycles. The number of carbonyl (C=O) groups is 2. The molecule has 3 aromatic rings. The molecule has 0 bridgehead atoms. The lowest BCUT2D eigenvalue weighted by molar-refractivity contribution is -0.142. The van der Waals surface area contributed by atoms with E-state index in [1.54, 1.807) is 36.4 Å². The third-order valence-electron chi connectivity index (χ3n) is 5.08. The van der Waals surface area contributed by atoms with Gasteiger partial charge in [0.1, 0.15) is 6.04 Å². The summed E-state index contributed by atoms with van der Waals surface area (Å²) in [6.07, 6.45) is 0.325. The van der Waals surface area contributed by atoms with Crippen molar-refractivity contribution in [3.05, 3.63) is 101 Å². The fourth-order valence-corrected chi connectivity index (χ4v) is 3.54. The van der Waals surface area contributed by atoms with Crippen LogP contribution in [0.3, 0.4) is 0 Å². The molecule has 172 valence electrons. The summed E-state index contributed by atoms with van der Waals surface area (Å²) in [7, 11) is 0. The van der Waals surface area contributed by atoms with Crippen LogP contribution < -0.4 is 10.1 Å². The molecule has 0 fully saturated rings. The third-order valence-corrected chi connectivity index (χ3v) is 5.33. The lowest BCUT2D eigenvalue weighted by Gasteiger charge is -2.31. The van der Waals surface area contributed by atoms with Crippen LogP contribution in [0.25, 0.3) is 0 Å². The van der Waals surface area contributed by atoms with Crippen molar-refractivity contribution in [2.24, 2.45) is 0 Å². The summed E-state index contributed by atoms with van der Waals surface area (Å²) in [6, 6.07) is 21.7. The summed E-state index contributed by atoms with van der Waals surface area (Å²) in [5.74, 6) is -1.27. The second-order valence-electron chi connectivity index (χ2n) is 7.47. The number of nitrogens with one attached hydrogen (secondary N) is 1. The predicted molar refractivity (Wildman–Crippen MR) is 127 cm³/mol. The van der Waals surface area contributed by atoms with E-state index in [0.717, 1.165) is 11.1 Å². The van der Waals surface area contributed by atoms with E-state index < -0.39 is 24.4 Å². The van der Waals surface area contributed by atoms with Crippen LogP contribution in [0.5, 0.6) is 5.75 Å². The SMILES string of the molecule is CCNC(=O)[C@H](Cc1ccccc1)N(Cc1ccc(Cl)cc1)C(=O)COc1ccccc1F. The minimum atomic E-state index is -0.778. The van der Waals surface area contributed by atoms with Crippen molar-refractivity contribution in [2.75, 3.05) is 13.2 Å². The number of ether oxygens (including phenoxy) is 1. The lowest BCUT2D eigenvalue weighted by atomic mass is 10.0. The normalized spacial score (nSPS) is 11.5. The molecule has 0 radical (unpaired) electrons. The molecule has 2 amide bonds. The number of hydrogen-bond donors (Lipinski definition) is 1. The Bertz CT molecular complexity index is 1060. The van der Waals surface area contributed by atoms with Gasteiger partial charge in [0.25, 0.3) is 5.91 Å². The highest BCUT2D eigenvalue weighted by molar-refractivity contribution is 6.30. The molecule has 0 saturated carbocycles. The monoisotopic (exact) mass is 468 g/mol. The van der Waals surface area contributed by atoms with Gasteiger partial charge < -0.3 is 15.0 Å². The van der Waals surface area contributed by atoms with Gasteiger partial charge in [-0.15, -0.1) is 0 Å². The summed E-state index contributed by atoms with van der Waals surface area (Å²) in [5.41, 5.74) is 1.72. The Balaban J connectivity index is 1.89. The van der Waals surface area contributed by atoms with Crippen molar-refractivity contribution >= 4 is 23.4 Å². The summed E-state index contributed by atoms with van der Waals surface area (Å²) in [5, 5.41) is 3.40. The fourth-order valence-electron chi connectivity index (χ4n) is 3.42. The van der Waals surface area contributed by atoms with Crippen LogP contribution in [0.2, 0.25) is 5.02 Å². The first-order valence-corrected chi connectivity index (χ1v) is 11.1. The predicted octanol–water partition coefficient (Wildman–Crippen LogP) is 4.63. The topological polar surface area (TPSA) is 58.6 Å². The molecule has 1 atom stereocenters. The summed E-state index contributed by atoms with van der Waals surface area (Å²) in [4.78, 5) is 27.8. The molecule has 0 heterocycles. The van der Waals surface area contributed by atoms with Crippen LogP contribution in [-0.4, -0.2) is 35.9 Å². The van der Waals surface area contributed by atoms with Gasteiger partial charge in [0.05, 0.1) is 0 Å². The first kappa shape index (κ1) is 24.3. The number of carbonyl (C=O) groups excluding carboxylic acids is 2.